The summed E-state index contributed by atoms with van der Waals surface area (Å²) >= 11 is 0. The Morgan fingerprint density at radius 3 is 2.50 bits per heavy atom. The third kappa shape index (κ3) is 4.75. The standard InChI is InChI=1S/C13H22N2O/c14-11-13(12-7-3-1-4-8-12)15-9-5-2-6-10-16/h1,3-4,7-8,13,15-16H,2,5-6,9-11,14H2. The molecule has 3 heteroatoms. The number of nitrogens with two attached hydrogens (primary N) is 1. The molecule has 0 saturated carbocycles. The van der Waals surface area contributed by atoms with E-state index in [0.29, 0.717) is 13.2 Å². The van der Waals surface area contributed by atoms with Crippen LogP contribution in [0.1, 0.15) is 30.9 Å². The number of hydrogen-bond donors (Lipinski definition) is 3. The number of aliphatic hydroxyl groups is 1. The van der Waals surface area contributed by atoms with Gasteiger partial charge in [-0.25, -0.2) is 0 Å². The first-order chi connectivity index (χ1) is 7.88. The van der Waals surface area contributed by atoms with Crippen LogP contribution in [0.5, 0.6) is 0 Å². The summed E-state index contributed by atoms with van der Waals surface area (Å²) in [6.45, 7) is 1.86. The molecule has 3 nitrogen and oxygen atoms in total. The fraction of sp³-hybridized carbons (Fsp3) is 0.538. The zero-order valence-electron chi connectivity index (χ0n) is 9.73. The maximum absolute atomic E-state index is 8.66. The summed E-state index contributed by atoms with van der Waals surface area (Å²) in [4.78, 5) is 0. The summed E-state index contributed by atoms with van der Waals surface area (Å²) in [5.74, 6) is 0. The van der Waals surface area contributed by atoms with Gasteiger partial charge in [-0.2, -0.15) is 0 Å². The Labute approximate surface area is 97.7 Å². The second kappa shape index (κ2) is 8.28. The molecule has 4 N–H and O–H groups in total. The summed E-state index contributed by atoms with van der Waals surface area (Å²) in [6.07, 6.45) is 3.04. The first kappa shape index (κ1) is 13.2. The molecule has 1 aromatic rings. The van der Waals surface area contributed by atoms with E-state index in [9.17, 15) is 0 Å². The van der Waals surface area contributed by atoms with E-state index in [1.54, 1.807) is 0 Å². The fourth-order valence-corrected chi connectivity index (χ4v) is 1.71. The van der Waals surface area contributed by atoms with Crippen LogP contribution in [-0.2, 0) is 0 Å². The van der Waals surface area contributed by atoms with Crippen molar-refractivity contribution in [3.05, 3.63) is 35.9 Å². The van der Waals surface area contributed by atoms with Gasteiger partial charge in [0.1, 0.15) is 0 Å². The lowest BCUT2D eigenvalue weighted by atomic mass is 10.1. The van der Waals surface area contributed by atoms with Crippen LogP contribution in [0.2, 0.25) is 0 Å². The molecular weight excluding hydrogens is 200 g/mol. The number of hydrogen-bond acceptors (Lipinski definition) is 3. The smallest absolute Gasteiger partial charge is 0.0444 e. The largest absolute Gasteiger partial charge is 0.396 e. The highest BCUT2D eigenvalue weighted by atomic mass is 16.2. The quantitative estimate of drug-likeness (QED) is 0.583. The Balaban J connectivity index is 2.27. The summed E-state index contributed by atoms with van der Waals surface area (Å²) < 4.78 is 0. The average molecular weight is 222 g/mol. The molecule has 0 bridgehead atoms. The van der Waals surface area contributed by atoms with Crippen LogP contribution < -0.4 is 11.1 Å². The molecule has 0 fully saturated rings. The molecule has 0 spiro atoms. The highest BCUT2D eigenvalue weighted by Crippen LogP contribution is 2.10. The molecule has 1 unspecified atom stereocenters. The van der Waals surface area contributed by atoms with Gasteiger partial charge in [-0.15, -0.1) is 0 Å². The van der Waals surface area contributed by atoms with E-state index < -0.39 is 0 Å². The van der Waals surface area contributed by atoms with E-state index in [0.717, 1.165) is 25.8 Å². The molecule has 0 saturated heterocycles. The van der Waals surface area contributed by atoms with Crippen LogP contribution in [0.25, 0.3) is 0 Å². The van der Waals surface area contributed by atoms with E-state index in [1.165, 1.54) is 5.56 Å². The van der Waals surface area contributed by atoms with Crippen LogP contribution in [0, 0.1) is 0 Å². The molecule has 0 aliphatic heterocycles. The van der Waals surface area contributed by atoms with E-state index >= 15 is 0 Å². The summed E-state index contributed by atoms with van der Waals surface area (Å²) in [5.41, 5.74) is 6.99. The van der Waals surface area contributed by atoms with E-state index in [-0.39, 0.29) is 6.04 Å². The molecule has 0 amide bonds. The van der Waals surface area contributed by atoms with E-state index in [2.05, 4.69) is 17.4 Å². The van der Waals surface area contributed by atoms with Gasteiger partial charge in [-0.3, -0.25) is 0 Å². The predicted octanol–water partition coefficient (Wildman–Crippen LogP) is 1.44. The molecule has 1 atom stereocenters. The number of nitrogens with one attached hydrogen (secondary N) is 1. The van der Waals surface area contributed by atoms with Crippen molar-refractivity contribution >= 4 is 0 Å². The molecule has 0 aromatic heterocycles. The van der Waals surface area contributed by atoms with Gasteiger partial charge in [0.2, 0.25) is 0 Å². The Hall–Kier alpha value is -0.900. The van der Waals surface area contributed by atoms with E-state index in [4.69, 9.17) is 10.8 Å². The van der Waals surface area contributed by atoms with Crippen molar-refractivity contribution in [1.82, 2.24) is 5.32 Å². The summed E-state index contributed by atoms with van der Waals surface area (Å²) in [5, 5.41) is 12.1. The molecule has 90 valence electrons. The Kier molecular flexibility index (Phi) is 6.81. The topological polar surface area (TPSA) is 58.3 Å². The molecule has 1 rings (SSSR count). The van der Waals surface area contributed by atoms with Crippen LogP contribution in [-0.4, -0.2) is 24.8 Å². The second-order valence-electron chi connectivity index (χ2n) is 3.94. The molecule has 1 aromatic carbocycles. The lowest BCUT2D eigenvalue weighted by molar-refractivity contribution is 0.282. The third-order valence-electron chi connectivity index (χ3n) is 2.66. The van der Waals surface area contributed by atoms with Gasteiger partial charge in [0.25, 0.3) is 0 Å². The van der Waals surface area contributed by atoms with Crippen molar-refractivity contribution in [3.8, 4) is 0 Å². The lowest BCUT2D eigenvalue weighted by Crippen LogP contribution is -2.28. The SMILES string of the molecule is NCC(NCCCCCO)c1ccccc1. The number of rotatable bonds is 8. The monoisotopic (exact) mass is 222 g/mol. The molecule has 0 aliphatic rings. The van der Waals surface area contributed by atoms with Crippen molar-refractivity contribution in [2.75, 3.05) is 19.7 Å². The van der Waals surface area contributed by atoms with Crippen LogP contribution in [0.3, 0.4) is 0 Å². The summed E-state index contributed by atoms with van der Waals surface area (Å²) in [6, 6.07) is 10.5. The zero-order valence-corrected chi connectivity index (χ0v) is 9.73. The van der Waals surface area contributed by atoms with Gasteiger partial charge in [0.15, 0.2) is 0 Å². The summed E-state index contributed by atoms with van der Waals surface area (Å²) in [7, 11) is 0. The van der Waals surface area contributed by atoms with Crippen molar-refractivity contribution in [1.29, 1.82) is 0 Å². The van der Waals surface area contributed by atoms with Gasteiger partial charge in [0, 0.05) is 19.2 Å². The molecule has 0 heterocycles. The number of benzene rings is 1. The minimum atomic E-state index is 0.246. The zero-order chi connectivity index (χ0) is 11.6. The normalized spacial score (nSPS) is 12.6. The number of aliphatic hydroxyl groups excluding tert-OH is 1. The van der Waals surface area contributed by atoms with Crippen LogP contribution in [0.4, 0.5) is 0 Å². The Morgan fingerprint density at radius 1 is 1.12 bits per heavy atom. The van der Waals surface area contributed by atoms with Gasteiger partial charge < -0.3 is 16.2 Å². The van der Waals surface area contributed by atoms with Crippen molar-refractivity contribution in [2.24, 2.45) is 5.73 Å². The van der Waals surface area contributed by atoms with Crippen molar-refractivity contribution < 1.29 is 5.11 Å². The van der Waals surface area contributed by atoms with Gasteiger partial charge in [-0.1, -0.05) is 30.3 Å². The average Bonchev–Trinajstić information content (AvgIpc) is 2.35. The third-order valence-corrected chi connectivity index (χ3v) is 2.66. The minimum Gasteiger partial charge on any atom is -0.396 e. The van der Waals surface area contributed by atoms with Crippen LogP contribution in [0.15, 0.2) is 30.3 Å². The molecule has 0 aliphatic carbocycles. The Bertz CT molecular complexity index is 264. The van der Waals surface area contributed by atoms with E-state index in [1.807, 2.05) is 18.2 Å². The first-order valence-electron chi connectivity index (χ1n) is 5.97. The maximum Gasteiger partial charge on any atom is 0.0444 e. The van der Waals surface area contributed by atoms with Crippen molar-refractivity contribution in [2.45, 2.75) is 25.3 Å². The van der Waals surface area contributed by atoms with Crippen molar-refractivity contribution in [3.63, 3.8) is 0 Å². The molecular formula is C13H22N2O. The lowest BCUT2D eigenvalue weighted by Gasteiger charge is -2.17. The molecule has 0 radical (unpaired) electrons. The van der Waals surface area contributed by atoms with Gasteiger partial charge in [-0.05, 0) is 31.4 Å². The maximum atomic E-state index is 8.66. The second-order valence-corrected chi connectivity index (χ2v) is 3.94. The highest BCUT2D eigenvalue weighted by Gasteiger charge is 2.06. The first-order valence-corrected chi connectivity index (χ1v) is 5.97. The number of unbranched alkanes of at least 4 members (excludes halogenated alkanes) is 2. The minimum absolute atomic E-state index is 0.246. The van der Waals surface area contributed by atoms with Crippen LogP contribution >= 0.6 is 0 Å². The highest BCUT2D eigenvalue weighted by molar-refractivity contribution is 5.19. The fourth-order valence-electron chi connectivity index (χ4n) is 1.71. The van der Waals surface area contributed by atoms with Gasteiger partial charge >= 0.3 is 0 Å². The predicted molar refractivity (Wildman–Crippen MR) is 67.2 cm³/mol. The van der Waals surface area contributed by atoms with Gasteiger partial charge in [0.05, 0.1) is 0 Å². The molecule has 16 heavy (non-hydrogen) atoms. The Morgan fingerprint density at radius 2 is 1.88 bits per heavy atom.